The summed E-state index contributed by atoms with van der Waals surface area (Å²) in [5, 5.41) is 2.81. The van der Waals surface area contributed by atoms with Gasteiger partial charge in [0, 0.05) is 12.4 Å². The van der Waals surface area contributed by atoms with Gasteiger partial charge in [0.2, 0.25) is 0 Å². The lowest BCUT2D eigenvalue weighted by Gasteiger charge is -2.36. The zero-order chi connectivity index (χ0) is 22.0. The van der Waals surface area contributed by atoms with Crippen molar-refractivity contribution in [2.24, 2.45) is 5.92 Å². The van der Waals surface area contributed by atoms with Gasteiger partial charge in [-0.15, -0.1) is 0 Å². The minimum absolute atomic E-state index is 0.00986. The molecule has 1 aromatic carbocycles. The summed E-state index contributed by atoms with van der Waals surface area (Å²) in [6.07, 6.45) is 6.91. The molecule has 1 spiro atoms. The van der Waals surface area contributed by atoms with E-state index in [-0.39, 0.29) is 11.8 Å². The first kappa shape index (κ1) is 20.6. The molecule has 1 aliphatic carbocycles. The fourth-order valence-electron chi connectivity index (χ4n) is 4.40. The minimum atomic E-state index is -0.922. The third kappa shape index (κ3) is 3.78. The van der Waals surface area contributed by atoms with Crippen LogP contribution in [0.1, 0.15) is 43.0 Å². The maximum atomic E-state index is 12.9. The molecule has 9 nitrogen and oxygen atoms in total. The Labute approximate surface area is 179 Å². The lowest BCUT2D eigenvalue weighted by Crippen LogP contribution is -2.54. The van der Waals surface area contributed by atoms with Gasteiger partial charge in [-0.2, -0.15) is 0 Å². The van der Waals surface area contributed by atoms with E-state index in [1.165, 1.54) is 0 Å². The van der Waals surface area contributed by atoms with Gasteiger partial charge in [0.05, 0.1) is 11.3 Å². The number of urea groups is 1. The number of nitrogens with zero attached hydrogens (tertiary/aromatic N) is 2. The molecule has 3 N–H and O–H groups in total. The van der Waals surface area contributed by atoms with Gasteiger partial charge in [0.25, 0.3) is 17.7 Å². The minimum Gasteiger partial charge on any atom is -0.323 e. The Morgan fingerprint density at radius 1 is 1.10 bits per heavy atom. The first-order valence-corrected chi connectivity index (χ1v) is 10.4. The van der Waals surface area contributed by atoms with Crippen molar-refractivity contribution in [3.8, 4) is 5.69 Å². The highest BCUT2D eigenvalue weighted by atomic mass is 16.2. The third-order valence-corrected chi connectivity index (χ3v) is 6.15. The number of aromatic nitrogens is 1. The van der Waals surface area contributed by atoms with Gasteiger partial charge < -0.3 is 9.88 Å². The van der Waals surface area contributed by atoms with E-state index in [1.54, 1.807) is 22.8 Å². The number of imide groups is 1. The van der Waals surface area contributed by atoms with Crippen LogP contribution in [0, 0.1) is 5.92 Å². The molecule has 2 aromatic rings. The number of amides is 5. The molecule has 1 saturated carbocycles. The number of hydrogen-bond donors (Lipinski definition) is 3. The van der Waals surface area contributed by atoms with Crippen LogP contribution < -0.4 is 16.2 Å². The van der Waals surface area contributed by atoms with Crippen LogP contribution in [0.15, 0.2) is 48.8 Å². The Balaban J connectivity index is 1.39. The summed E-state index contributed by atoms with van der Waals surface area (Å²) in [4.78, 5) is 51.3. The Hall–Kier alpha value is -3.62. The normalized spacial score (nSPS) is 23.0. The van der Waals surface area contributed by atoms with Crippen molar-refractivity contribution in [2.75, 3.05) is 6.54 Å². The summed E-state index contributed by atoms with van der Waals surface area (Å²) < 4.78 is 1.79. The molecular weight excluding hydrogens is 398 g/mol. The first-order valence-electron chi connectivity index (χ1n) is 10.4. The van der Waals surface area contributed by atoms with Gasteiger partial charge in [-0.3, -0.25) is 30.1 Å². The Kier molecular flexibility index (Phi) is 5.50. The molecule has 2 heterocycles. The van der Waals surface area contributed by atoms with Crippen molar-refractivity contribution in [3.05, 3.63) is 54.4 Å². The predicted molar refractivity (Wildman–Crippen MR) is 112 cm³/mol. The predicted octanol–water partition coefficient (Wildman–Crippen LogP) is 1.74. The quantitative estimate of drug-likeness (QED) is 0.514. The number of para-hydroxylation sites is 1. The Bertz CT molecular complexity index is 1020. The molecule has 2 atom stereocenters. The monoisotopic (exact) mass is 423 g/mol. The van der Waals surface area contributed by atoms with E-state index in [2.05, 4.69) is 16.2 Å². The summed E-state index contributed by atoms with van der Waals surface area (Å²) >= 11 is 0. The summed E-state index contributed by atoms with van der Waals surface area (Å²) in [5.41, 5.74) is 4.76. The highest BCUT2D eigenvalue weighted by Crippen LogP contribution is 2.38. The molecule has 9 heteroatoms. The number of carbonyl (C=O) groups is 4. The number of hydrazine groups is 1. The molecular formula is C22H25N5O4. The fourth-order valence-corrected chi connectivity index (χ4v) is 4.40. The van der Waals surface area contributed by atoms with Crippen molar-refractivity contribution in [1.29, 1.82) is 0 Å². The number of hydrogen-bond acceptors (Lipinski definition) is 4. The highest BCUT2D eigenvalue weighted by molar-refractivity contribution is 6.09. The smallest absolute Gasteiger partial charge is 0.323 e. The number of rotatable bonds is 4. The Morgan fingerprint density at radius 2 is 1.84 bits per heavy atom. The largest absolute Gasteiger partial charge is 0.325 e. The second-order valence-corrected chi connectivity index (χ2v) is 8.05. The van der Waals surface area contributed by atoms with Crippen LogP contribution in [0.25, 0.3) is 5.69 Å². The molecule has 0 bridgehead atoms. The van der Waals surface area contributed by atoms with Crippen LogP contribution in [0.4, 0.5) is 4.79 Å². The summed E-state index contributed by atoms with van der Waals surface area (Å²) in [7, 11) is 0. The number of benzene rings is 1. The van der Waals surface area contributed by atoms with Crippen LogP contribution in [0.2, 0.25) is 0 Å². The Morgan fingerprint density at radius 3 is 2.58 bits per heavy atom. The summed E-state index contributed by atoms with van der Waals surface area (Å²) in [6.45, 7) is 1.49. The molecule has 2 fully saturated rings. The summed E-state index contributed by atoms with van der Waals surface area (Å²) in [6, 6.07) is 10.1. The molecule has 1 aliphatic heterocycles. The van der Waals surface area contributed by atoms with Gasteiger partial charge in [-0.1, -0.05) is 31.9 Å². The van der Waals surface area contributed by atoms with Crippen LogP contribution in [0.5, 0.6) is 0 Å². The van der Waals surface area contributed by atoms with Gasteiger partial charge >= 0.3 is 6.03 Å². The molecule has 1 aromatic heterocycles. The summed E-state index contributed by atoms with van der Waals surface area (Å²) in [5.74, 6) is -1.53. The number of carbonyl (C=O) groups excluding carboxylic acids is 4. The average Bonchev–Trinajstić information content (AvgIpc) is 3.38. The van der Waals surface area contributed by atoms with E-state index < -0.39 is 29.9 Å². The second-order valence-electron chi connectivity index (χ2n) is 8.05. The van der Waals surface area contributed by atoms with Crippen LogP contribution >= 0.6 is 0 Å². The van der Waals surface area contributed by atoms with Crippen molar-refractivity contribution < 1.29 is 19.2 Å². The fraction of sp³-hybridized carbons (Fsp3) is 0.364. The van der Waals surface area contributed by atoms with Crippen LogP contribution in [-0.4, -0.2) is 45.3 Å². The third-order valence-electron chi connectivity index (χ3n) is 6.15. The van der Waals surface area contributed by atoms with Crippen LogP contribution in [0.3, 0.4) is 0 Å². The SMILES string of the molecule is C[C@@H]1CCCC[C@@]12NC(=O)N(CC(=O)NNC(=O)c1ccccc1-n1cccc1)C2=O. The zero-order valence-corrected chi connectivity index (χ0v) is 17.3. The molecule has 162 valence electrons. The lowest BCUT2D eigenvalue weighted by molar-refractivity contribution is -0.137. The van der Waals surface area contributed by atoms with Crippen molar-refractivity contribution in [2.45, 2.75) is 38.1 Å². The number of nitrogens with one attached hydrogen (secondary N) is 3. The first-order chi connectivity index (χ1) is 14.9. The molecule has 31 heavy (non-hydrogen) atoms. The molecule has 0 unspecified atom stereocenters. The standard InChI is InChI=1S/C22H25N5O4/c1-15-8-4-5-11-22(15)20(30)27(21(31)23-22)14-18(28)24-25-19(29)16-9-2-3-10-17(16)26-12-6-7-13-26/h2-3,6-7,9-10,12-13,15H,4-5,8,11,14H2,1H3,(H,23,31)(H,24,28)(H,25,29)/t15-,22-/m1/s1. The zero-order valence-electron chi connectivity index (χ0n) is 17.3. The van der Waals surface area contributed by atoms with Crippen molar-refractivity contribution in [3.63, 3.8) is 0 Å². The van der Waals surface area contributed by atoms with Gasteiger partial charge in [-0.25, -0.2) is 4.79 Å². The molecule has 4 rings (SSSR count). The average molecular weight is 423 g/mol. The molecule has 5 amide bonds. The van der Waals surface area contributed by atoms with E-state index in [0.717, 1.165) is 24.2 Å². The van der Waals surface area contributed by atoms with Crippen molar-refractivity contribution in [1.82, 2.24) is 25.6 Å². The molecule has 0 radical (unpaired) electrons. The molecule has 2 aliphatic rings. The van der Waals surface area contributed by atoms with E-state index in [4.69, 9.17) is 0 Å². The maximum absolute atomic E-state index is 12.9. The van der Waals surface area contributed by atoms with E-state index in [0.29, 0.717) is 17.7 Å². The topological polar surface area (TPSA) is 113 Å². The van der Waals surface area contributed by atoms with E-state index >= 15 is 0 Å². The second kappa shape index (κ2) is 8.25. The van der Waals surface area contributed by atoms with Crippen molar-refractivity contribution >= 4 is 23.8 Å². The van der Waals surface area contributed by atoms with Gasteiger partial charge in [-0.05, 0) is 43.0 Å². The maximum Gasteiger partial charge on any atom is 0.325 e. The van der Waals surface area contributed by atoms with Gasteiger partial charge in [0.1, 0.15) is 12.1 Å². The van der Waals surface area contributed by atoms with E-state index in [9.17, 15) is 19.2 Å². The van der Waals surface area contributed by atoms with E-state index in [1.807, 2.05) is 37.5 Å². The highest BCUT2D eigenvalue weighted by Gasteiger charge is 2.55. The van der Waals surface area contributed by atoms with Crippen LogP contribution in [-0.2, 0) is 9.59 Å². The van der Waals surface area contributed by atoms with Gasteiger partial charge in [0.15, 0.2) is 0 Å². The molecule has 1 saturated heterocycles. The lowest BCUT2D eigenvalue weighted by atomic mass is 9.73.